The summed E-state index contributed by atoms with van der Waals surface area (Å²) in [5.74, 6) is 1.50. The number of amides is 2. The van der Waals surface area contributed by atoms with Crippen LogP contribution in [-0.2, 0) is 0 Å². The van der Waals surface area contributed by atoms with Gasteiger partial charge in [0.05, 0.1) is 62.5 Å². The van der Waals surface area contributed by atoms with E-state index in [0.29, 0.717) is 83.8 Å². The maximum absolute atomic E-state index is 13.9. The number of hydrogen-bond acceptors (Lipinski definition) is 11. The van der Waals surface area contributed by atoms with Crippen LogP contribution in [0.2, 0.25) is 0 Å². The summed E-state index contributed by atoms with van der Waals surface area (Å²) < 4.78 is 23.7. The fraction of sp³-hybridized carbons (Fsp3) is 0.319. The number of rotatable bonds is 13. The maximum Gasteiger partial charge on any atom is 0.260 e. The minimum absolute atomic E-state index is 0.136. The number of piperazine rings is 1. The molecule has 4 aromatic rings. The van der Waals surface area contributed by atoms with Crippen LogP contribution in [0.1, 0.15) is 58.0 Å². The summed E-state index contributed by atoms with van der Waals surface area (Å²) in [6, 6.07) is 23.0. The molecule has 60 heavy (non-hydrogen) atoms. The van der Waals surface area contributed by atoms with E-state index in [2.05, 4.69) is 53.0 Å². The van der Waals surface area contributed by atoms with E-state index >= 15 is 0 Å². The van der Waals surface area contributed by atoms with E-state index in [0.717, 1.165) is 54.9 Å². The molecule has 13 heteroatoms. The van der Waals surface area contributed by atoms with Gasteiger partial charge in [0.15, 0.2) is 23.0 Å². The van der Waals surface area contributed by atoms with Crippen molar-refractivity contribution < 1.29 is 28.5 Å². The van der Waals surface area contributed by atoms with Crippen LogP contribution in [0.5, 0.6) is 23.0 Å². The predicted molar refractivity (Wildman–Crippen MR) is 237 cm³/mol. The van der Waals surface area contributed by atoms with Crippen LogP contribution in [-0.4, -0.2) is 112 Å². The Kier molecular flexibility index (Phi) is 11.9. The quantitative estimate of drug-likeness (QED) is 0.108. The van der Waals surface area contributed by atoms with Crippen LogP contribution in [0, 0.1) is 0 Å². The molecule has 4 aromatic carbocycles. The first kappa shape index (κ1) is 40.2. The second kappa shape index (κ2) is 17.7. The van der Waals surface area contributed by atoms with Gasteiger partial charge in [-0.15, -0.1) is 0 Å². The van der Waals surface area contributed by atoms with Gasteiger partial charge >= 0.3 is 0 Å². The molecule has 1 fully saturated rings. The van der Waals surface area contributed by atoms with Crippen molar-refractivity contribution in [2.24, 2.45) is 9.98 Å². The fourth-order valence-electron chi connectivity index (χ4n) is 7.88. The number of fused-ring (bicyclic) bond motifs is 3. The summed E-state index contributed by atoms with van der Waals surface area (Å²) in [5.41, 5.74) is 13.9. The SMILES string of the molecule is CC/C(=C\N1CC=Nc2cc(OCCCOc3cc4c(cc3OC)C(=O)N3C=C(c5ccc(N6CCN(C)CC6)cc5)C[C@H]3C=N4)c(OC)cc2C1=O)c1ccc(N)cc1. The van der Waals surface area contributed by atoms with Crippen LogP contribution in [0.4, 0.5) is 22.7 Å². The summed E-state index contributed by atoms with van der Waals surface area (Å²) in [7, 11) is 5.26. The van der Waals surface area contributed by atoms with Crippen LogP contribution >= 0.6 is 0 Å². The summed E-state index contributed by atoms with van der Waals surface area (Å²) in [4.78, 5) is 45.3. The van der Waals surface area contributed by atoms with Crippen LogP contribution < -0.4 is 29.6 Å². The Morgan fingerprint density at radius 3 is 2.07 bits per heavy atom. The molecule has 2 N–H and O–H groups in total. The van der Waals surface area contributed by atoms with E-state index < -0.39 is 0 Å². The summed E-state index contributed by atoms with van der Waals surface area (Å²) in [6.07, 6.45) is 9.33. The van der Waals surface area contributed by atoms with Gasteiger partial charge in [0.25, 0.3) is 11.8 Å². The Morgan fingerprint density at radius 1 is 0.800 bits per heavy atom. The monoisotopic (exact) mass is 809 g/mol. The number of carbonyl (C=O) groups excluding carboxylic acids is 2. The second-order valence-corrected chi connectivity index (χ2v) is 15.2. The Bertz CT molecular complexity index is 2360. The number of nitrogens with zero attached hydrogens (tertiary/aromatic N) is 6. The predicted octanol–water partition coefficient (Wildman–Crippen LogP) is 7.47. The largest absolute Gasteiger partial charge is 0.493 e. The molecule has 310 valence electrons. The zero-order valence-electron chi connectivity index (χ0n) is 34.6. The summed E-state index contributed by atoms with van der Waals surface area (Å²) in [5, 5.41) is 0. The smallest absolute Gasteiger partial charge is 0.260 e. The first-order valence-corrected chi connectivity index (χ1v) is 20.4. The average molecular weight is 810 g/mol. The van der Waals surface area contributed by atoms with Crippen molar-refractivity contribution in [3.05, 3.63) is 107 Å². The Labute approximate surface area is 351 Å². The Hall–Kier alpha value is -6.60. The van der Waals surface area contributed by atoms with E-state index in [1.807, 2.05) is 42.9 Å². The van der Waals surface area contributed by atoms with Crippen LogP contribution in [0.15, 0.2) is 95.2 Å². The van der Waals surface area contributed by atoms with Crippen molar-refractivity contribution in [1.82, 2.24) is 14.7 Å². The van der Waals surface area contributed by atoms with Gasteiger partial charge in [-0.3, -0.25) is 19.6 Å². The van der Waals surface area contributed by atoms with Crippen molar-refractivity contribution in [2.45, 2.75) is 32.2 Å². The van der Waals surface area contributed by atoms with Crippen molar-refractivity contribution >= 4 is 58.1 Å². The number of nitrogen functional groups attached to an aromatic ring is 1. The number of benzene rings is 4. The number of allylic oxidation sites excluding steroid dienone is 1. The van der Waals surface area contributed by atoms with E-state index in [9.17, 15) is 9.59 Å². The molecule has 0 aliphatic carbocycles. The number of nitrogens with two attached hydrogens (primary N) is 1. The van der Waals surface area contributed by atoms with E-state index in [-0.39, 0.29) is 17.9 Å². The highest BCUT2D eigenvalue weighted by Gasteiger charge is 2.34. The minimum atomic E-state index is -0.191. The lowest BCUT2D eigenvalue weighted by atomic mass is 10.0. The zero-order valence-corrected chi connectivity index (χ0v) is 34.6. The van der Waals surface area contributed by atoms with Gasteiger partial charge in [-0.2, -0.15) is 0 Å². The van der Waals surface area contributed by atoms with Crippen LogP contribution in [0.3, 0.4) is 0 Å². The standard InChI is InChI=1S/C47H51N7O6/c1-5-31(32-7-11-35(48)12-8-32)29-53-16-15-49-40-26-44(42(57-3)24-38(40)46(53)55)59-21-6-22-60-45-27-41-39(25-43(45)58-4)47(56)54-30-34(23-37(54)28-50-41)33-9-13-36(14-10-33)52-19-17-51(2)18-20-52/h7-15,24-30,37H,5-6,16-23,48H2,1-4H3/b31-29+/t37-/m0/s1. The highest BCUT2D eigenvalue weighted by molar-refractivity contribution is 6.06. The van der Waals surface area contributed by atoms with Crippen molar-refractivity contribution in [3.8, 4) is 23.0 Å². The lowest BCUT2D eigenvalue weighted by molar-refractivity contribution is 0.0815. The van der Waals surface area contributed by atoms with E-state index in [4.69, 9.17) is 29.7 Å². The molecule has 0 unspecified atom stereocenters. The highest BCUT2D eigenvalue weighted by Crippen LogP contribution is 2.41. The molecule has 1 atom stereocenters. The molecule has 13 nitrogen and oxygen atoms in total. The van der Waals surface area contributed by atoms with Gasteiger partial charge in [0.1, 0.15) is 0 Å². The van der Waals surface area contributed by atoms with Gasteiger partial charge in [0.2, 0.25) is 0 Å². The number of ether oxygens (including phenoxy) is 4. The Morgan fingerprint density at radius 2 is 1.43 bits per heavy atom. The fourth-order valence-corrected chi connectivity index (χ4v) is 7.88. The third-order valence-corrected chi connectivity index (χ3v) is 11.4. The topological polar surface area (TPSA) is 135 Å². The number of methoxy groups -OCH3 is 2. The summed E-state index contributed by atoms with van der Waals surface area (Å²) >= 11 is 0. The van der Waals surface area contributed by atoms with Crippen molar-refractivity contribution in [1.29, 1.82) is 0 Å². The van der Waals surface area contributed by atoms with Gasteiger partial charge in [-0.25, -0.2) is 0 Å². The van der Waals surface area contributed by atoms with E-state index in [1.54, 1.807) is 54.5 Å². The lowest BCUT2D eigenvalue weighted by Gasteiger charge is -2.34. The number of aliphatic imine (C=N–C) groups is 2. The number of anilines is 2. The molecule has 0 saturated carbocycles. The molecule has 2 amide bonds. The number of likely N-dealkylation sites (N-methyl/N-ethyl adjacent to an activating group) is 1. The Balaban J connectivity index is 0.890. The van der Waals surface area contributed by atoms with Gasteiger partial charge < -0.3 is 44.3 Å². The third-order valence-electron chi connectivity index (χ3n) is 11.4. The molecule has 4 aliphatic rings. The van der Waals surface area contributed by atoms with Gasteiger partial charge in [0, 0.05) is 87.4 Å². The van der Waals surface area contributed by atoms with Crippen LogP contribution in [0.25, 0.3) is 11.1 Å². The normalized spacial score (nSPS) is 17.7. The molecular weight excluding hydrogens is 759 g/mol. The summed E-state index contributed by atoms with van der Waals surface area (Å²) in [6.45, 7) is 7.12. The molecule has 4 heterocycles. The molecule has 4 aliphatic heterocycles. The van der Waals surface area contributed by atoms with Gasteiger partial charge in [-0.05, 0) is 72.1 Å². The molecule has 0 aromatic heterocycles. The van der Waals surface area contributed by atoms with Crippen molar-refractivity contribution in [3.63, 3.8) is 0 Å². The molecule has 1 saturated heterocycles. The number of hydrogen-bond donors (Lipinski definition) is 1. The average Bonchev–Trinajstić information content (AvgIpc) is 3.59. The molecule has 8 rings (SSSR count). The lowest BCUT2D eigenvalue weighted by Crippen LogP contribution is -2.44. The molecule has 0 spiro atoms. The second-order valence-electron chi connectivity index (χ2n) is 15.2. The first-order valence-electron chi connectivity index (χ1n) is 20.4. The zero-order chi connectivity index (χ0) is 41.8. The minimum Gasteiger partial charge on any atom is -0.493 e. The van der Waals surface area contributed by atoms with Gasteiger partial charge in [-0.1, -0.05) is 31.2 Å². The number of carbonyl (C=O) groups is 2. The third kappa shape index (κ3) is 8.44. The molecular formula is C47H51N7O6. The van der Waals surface area contributed by atoms with E-state index in [1.165, 1.54) is 5.69 Å². The molecule has 0 radical (unpaired) electrons. The molecule has 0 bridgehead atoms. The highest BCUT2D eigenvalue weighted by atomic mass is 16.5. The maximum atomic E-state index is 13.9. The van der Waals surface area contributed by atoms with Crippen molar-refractivity contribution in [2.75, 3.05) is 77.8 Å². The first-order chi connectivity index (χ1) is 29.2.